The van der Waals surface area contributed by atoms with E-state index in [-0.39, 0.29) is 0 Å². The zero-order chi connectivity index (χ0) is 7.82. The third kappa shape index (κ3) is 5.57. The summed E-state index contributed by atoms with van der Waals surface area (Å²) < 4.78 is 0. The third-order valence-electron chi connectivity index (χ3n) is 1.47. The van der Waals surface area contributed by atoms with E-state index in [4.69, 9.17) is 5.73 Å². The van der Waals surface area contributed by atoms with Crippen molar-refractivity contribution in [2.24, 2.45) is 11.7 Å². The Labute approximate surface area is 63.6 Å². The van der Waals surface area contributed by atoms with Crippen LogP contribution in [0.5, 0.6) is 0 Å². The largest absolute Gasteiger partial charge is 0.330 e. The lowest BCUT2D eigenvalue weighted by atomic mass is 10.0. The Kier molecular flexibility index (Phi) is 6.19. The molecule has 0 fully saturated rings. The van der Waals surface area contributed by atoms with Gasteiger partial charge in [0.1, 0.15) is 0 Å². The van der Waals surface area contributed by atoms with Crippen LogP contribution in [0, 0.1) is 5.92 Å². The second-order valence-corrected chi connectivity index (χ2v) is 2.58. The van der Waals surface area contributed by atoms with Gasteiger partial charge in [0.2, 0.25) is 0 Å². The maximum atomic E-state index is 5.39. The lowest BCUT2D eigenvalue weighted by Gasteiger charge is -2.04. The summed E-state index contributed by atoms with van der Waals surface area (Å²) in [6, 6.07) is 0. The summed E-state index contributed by atoms with van der Waals surface area (Å²) in [6.45, 7) is 6.60. The second-order valence-electron chi connectivity index (χ2n) is 2.58. The maximum absolute atomic E-state index is 5.39. The van der Waals surface area contributed by atoms with Gasteiger partial charge in [-0.25, -0.2) is 0 Å². The Bertz CT molecular complexity index is 105. The maximum Gasteiger partial charge on any atom is -0.00746 e. The molecule has 0 aliphatic heterocycles. The van der Waals surface area contributed by atoms with Crippen LogP contribution < -0.4 is 5.73 Å². The standard InChI is InChI=1S/C9H17N/c1-3-4-5-6-9(2)7-8-10/h3-5,9H,1,6-8,10H2,2H3. The summed E-state index contributed by atoms with van der Waals surface area (Å²) in [5.41, 5.74) is 5.39. The van der Waals surface area contributed by atoms with E-state index in [0.717, 1.165) is 19.4 Å². The molecular weight excluding hydrogens is 122 g/mol. The van der Waals surface area contributed by atoms with Crippen molar-refractivity contribution in [1.82, 2.24) is 0 Å². The van der Waals surface area contributed by atoms with Crippen molar-refractivity contribution >= 4 is 0 Å². The first kappa shape index (κ1) is 9.44. The molecule has 58 valence electrons. The monoisotopic (exact) mass is 139 g/mol. The van der Waals surface area contributed by atoms with Crippen LogP contribution in [0.1, 0.15) is 19.8 Å². The molecule has 0 spiro atoms. The highest BCUT2D eigenvalue weighted by molar-refractivity contribution is 4.97. The van der Waals surface area contributed by atoms with Gasteiger partial charge in [0.15, 0.2) is 0 Å². The average Bonchev–Trinajstić information content (AvgIpc) is 1.89. The van der Waals surface area contributed by atoms with Crippen molar-refractivity contribution in [3.63, 3.8) is 0 Å². The first-order chi connectivity index (χ1) is 4.81. The van der Waals surface area contributed by atoms with Gasteiger partial charge in [-0.2, -0.15) is 0 Å². The van der Waals surface area contributed by atoms with Gasteiger partial charge < -0.3 is 5.73 Å². The van der Waals surface area contributed by atoms with Crippen LogP contribution in [0.4, 0.5) is 0 Å². The molecule has 0 aromatic rings. The zero-order valence-electron chi connectivity index (χ0n) is 6.72. The molecule has 1 atom stereocenters. The van der Waals surface area contributed by atoms with Crippen LogP contribution in [-0.4, -0.2) is 6.54 Å². The molecule has 1 unspecified atom stereocenters. The van der Waals surface area contributed by atoms with Gasteiger partial charge in [0.05, 0.1) is 0 Å². The lowest BCUT2D eigenvalue weighted by molar-refractivity contribution is 0.549. The second kappa shape index (κ2) is 6.56. The SMILES string of the molecule is C=CC=CCC(C)CCN. The van der Waals surface area contributed by atoms with Gasteiger partial charge in [0, 0.05) is 0 Å². The fraction of sp³-hybridized carbons (Fsp3) is 0.556. The topological polar surface area (TPSA) is 26.0 Å². The first-order valence-electron chi connectivity index (χ1n) is 3.79. The van der Waals surface area contributed by atoms with Crippen LogP contribution in [0.3, 0.4) is 0 Å². The number of hydrogen-bond donors (Lipinski definition) is 1. The van der Waals surface area contributed by atoms with E-state index in [9.17, 15) is 0 Å². The lowest BCUT2D eigenvalue weighted by Crippen LogP contribution is -2.04. The molecule has 0 rings (SSSR count). The highest BCUT2D eigenvalue weighted by Gasteiger charge is 1.95. The summed E-state index contributed by atoms with van der Waals surface area (Å²) >= 11 is 0. The van der Waals surface area contributed by atoms with Crippen LogP contribution >= 0.6 is 0 Å². The normalized spacial score (nSPS) is 13.8. The molecule has 0 aliphatic rings. The predicted molar refractivity (Wildman–Crippen MR) is 46.8 cm³/mol. The molecule has 0 aromatic heterocycles. The van der Waals surface area contributed by atoms with Gasteiger partial charge >= 0.3 is 0 Å². The Morgan fingerprint density at radius 3 is 2.80 bits per heavy atom. The highest BCUT2D eigenvalue weighted by Crippen LogP contribution is 2.05. The van der Waals surface area contributed by atoms with Crippen LogP contribution in [0.2, 0.25) is 0 Å². The minimum atomic E-state index is 0.709. The molecule has 0 amide bonds. The summed E-state index contributed by atoms with van der Waals surface area (Å²) in [4.78, 5) is 0. The average molecular weight is 139 g/mol. The van der Waals surface area contributed by atoms with Crippen molar-refractivity contribution in [2.75, 3.05) is 6.54 Å². The van der Waals surface area contributed by atoms with Crippen LogP contribution in [-0.2, 0) is 0 Å². The number of hydrogen-bond acceptors (Lipinski definition) is 1. The van der Waals surface area contributed by atoms with Gasteiger partial charge in [-0.3, -0.25) is 0 Å². The summed E-state index contributed by atoms with van der Waals surface area (Å²) in [6.07, 6.45) is 8.14. The fourth-order valence-corrected chi connectivity index (χ4v) is 0.809. The number of nitrogens with two attached hydrogens (primary N) is 1. The van der Waals surface area contributed by atoms with Crippen molar-refractivity contribution in [1.29, 1.82) is 0 Å². The van der Waals surface area contributed by atoms with Crippen LogP contribution in [0.25, 0.3) is 0 Å². The van der Waals surface area contributed by atoms with Gasteiger partial charge in [-0.1, -0.05) is 31.7 Å². The van der Waals surface area contributed by atoms with Gasteiger partial charge in [-0.15, -0.1) is 0 Å². The number of rotatable bonds is 5. The van der Waals surface area contributed by atoms with Gasteiger partial charge in [-0.05, 0) is 25.3 Å². The molecule has 0 bridgehead atoms. The molecule has 0 saturated heterocycles. The summed E-state index contributed by atoms with van der Waals surface area (Å²) in [5.74, 6) is 0.709. The molecule has 10 heavy (non-hydrogen) atoms. The van der Waals surface area contributed by atoms with E-state index in [1.807, 2.05) is 6.08 Å². The van der Waals surface area contributed by atoms with Gasteiger partial charge in [0.25, 0.3) is 0 Å². The molecule has 1 nitrogen and oxygen atoms in total. The van der Waals surface area contributed by atoms with E-state index >= 15 is 0 Å². The smallest absolute Gasteiger partial charge is 0.00746 e. The molecule has 0 heterocycles. The third-order valence-corrected chi connectivity index (χ3v) is 1.47. The van der Waals surface area contributed by atoms with E-state index in [2.05, 4.69) is 19.6 Å². The molecule has 0 aromatic carbocycles. The van der Waals surface area contributed by atoms with E-state index in [1.54, 1.807) is 6.08 Å². The van der Waals surface area contributed by atoms with Crippen molar-refractivity contribution in [2.45, 2.75) is 19.8 Å². The Morgan fingerprint density at radius 2 is 2.30 bits per heavy atom. The predicted octanol–water partition coefficient (Wildman–Crippen LogP) is 2.10. The molecular formula is C9H17N. The summed E-state index contributed by atoms with van der Waals surface area (Å²) in [5, 5.41) is 0. The zero-order valence-corrected chi connectivity index (χ0v) is 6.72. The Balaban J connectivity index is 3.28. The van der Waals surface area contributed by atoms with Crippen molar-refractivity contribution < 1.29 is 0 Å². The Hall–Kier alpha value is -0.560. The molecule has 0 saturated carbocycles. The number of allylic oxidation sites excluding steroid dienone is 3. The minimum absolute atomic E-state index is 0.709. The van der Waals surface area contributed by atoms with Crippen molar-refractivity contribution in [3.8, 4) is 0 Å². The molecule has 0 aliphatic carbocycles. The van der Waals surface area contributed by atoms with Crippen molar-refractivity contribution in [3.05, 3.63) is 24.8 Å². The Morgan fingerprint density at radius 1 is 1.60 bits per heavy atom. The first-order valence-corrected chi connectivity index (χ1v) is 3.79. The fourth-order valence-electron chi connectivity index (χ4n) is 0.809. The van der Waals surface area contributed by atoms with E-state index in [0.29, 0.717) is 5.92 Å². The minimum Gasteiger partial charge on any atom is -0.330 e. The molecule has 0 radical (unpaired) electrons. The highest BCUT2D eigenvalue weighted by atomic mass is 14.5. The van der Waals surface area contributed by atoms with E-state index < -0.39 is 0 Å². The quantitative estimate of drug-likeness (QED) is 0.580. The van der Waals surface area contributed by atoms with Crippen LogP contribution in [0.15, 0.2) is 24.8 Å². The molecule has 1 heteroatoms. The summed E-state index contributed by atoms with van der Waals surface area (Å²) in [7, 11) is 0. The molecule has 2 N–H and O–H groups in total. The van der Waals surface area contributed by atoms with E-state index in [1.165, 1.54) is 0 Å².